The highest BCUT2D eigenvalue weighted by molar-refractivity contribution is 6.69. The lowest BCUT2D eigenvalue weighted by Gasteiger charge is -2.28. The van der Waals surface area contributed by atoms with E-state index in [0.29, 0.717) is 5.52 Å². The lowest BCUT2D eigenvalue weighted by Crippen LogP contribution is -2.34. The van der Waals surface area contributed by atoms with Crippen LogP contribution in [-0.4, -0.2) is 19.5 Å². The third-order valence-corrected chi connectivity index (χ3v) is 3.59. The molecule has 0 spiro atoms. The van der Waals surface area contributed by atoms with Crippen molar-refractivity contribution in [3.05, 3.63) is 36.0 Å². The van der Waals surface area contributed by atoms with E-state index in [9.17, 15) is 13.2 Å². The van der Waals surface area contributed by atoms with Gasteiger partial charge in [0.15, 0.2) is 14.4 Å². The number of alkyl halides is 3. The van der Waals surface area contributed by atoms with Gasteiger partial charge in [-0.25, -0.2) is 0 Å². The van der Waals surface area contributed by atoms with E-state index in [1.54, 1.807) is 31.9 Å². The van der Waals surface area contributed by atoms with Crippen LogP contribution in [0, 0.1) is 0 Å². The number of aromatic amines is 1. The molecule has 6 heteroatoms. The lowest BCUT2D eigenvalue weighted by atomic mass is 10.1. The van der Waals surface area contributed by atoms with Crippen molar-refractivity contribution in [3.8, 4) is 0 Å². The Kier molecular flexibility index (Phi) is 3.48. The molecule has 0 aliphatic heterocycles. The minimum absolute atomic E-state index is 0.143. The Morgan fingerprint density at radius 1 is 1.16 bits per heavy atom. The van der Waals surface area contributed by atoms with Crippen molar-refractivity contribution >= 4 is 19.2 Å². The number of nitrogens with one attached hydrogen (secondary N) is 1. The summed E-state index contributed by atoms with van der Waals surface area (Å²) in [5.41, 5.74) is 0.829. The molecule has 0 aliphatic carbocycles. The number of fused-ring (bicyclic) bond motifs is 1. The summed E-state index contributed by atoms with van der Waals surface area (Å²) in [4.78, 5) is 2.92. The molecule has 0 fully saturated rings. The molecule has 1 aromatic heterocycles. The molecule has 2 nitrogen and oxygen atoms in total. The molecule has 0 radical (unpaired) electrons. The van der Waals surface area contributed by atoms with Crippen LogP contribution in [0.2, 0.25) is 19.6 Å². The van der Waals surface area contributed by atoms with Crippen LogP contribution in [0.1, 0.15) is 11.7 Å². The van der Waals surface area contributed by atoms with E-state index in [2.05, 4.69) is 4.98 Å². The Labute approximate surface area is 110 Å². The molecule has 0 bridgehead atoms. The maximum atomic E-state index is 13.1. The van der Waals surface area contributed by atoms with Gasteiger partial charge in [0.1, 0.15) is 0 Å². The second kappa shape index (κ2) is 4.68. The molecule has 1 unspecified atom stereocenters. The molecule has 1 atom stereocenters. The summed E-state index contributed by atoms with van der Waals surface area (Å²) in [6.45, 7) is 5.25. The first kappa shape index (κ1) is 14.1. The summed E-state index contributed by atoms with van der Waals surface area (Å²) in [6, 6.07) is 6.48. The van der Waals surface area contributed by atoms with Crippen LogP contribution >= 0.6 is 0 Å². The van der Waals surface area contributed by atoms with Crippen molar-refractivity contribution < 1.29 is 17.6 Å². The SMILES string of the molecule is C[Si](C)(C)OC(c1ccc2cc[nH]c2c1)C(F)(F)F. The van der Waals surface area contributed by atoms with Crippen molar-refractivity contribution in [2.24, 2.45) is 0 Å². The van der Waals surface area contributed by atoms with Gasteiger partial charge in [-0.15, -0.1) is 0 Å². The Morgan fingerprint density at radius 3 is 2.42 bits per heavy atom. The fourth-order valence-electron chi connectivity index (χ4n) is 1.91. The third-order valence-electron chi connectivity index (χ3n) is 2.65. The molecule has 0 saturated carbocycles. The quantitative estimate of drug-likeness (QED) is 0.818. The van der Waals surface area contributed by atoms with Crippen molar-refractivity contribution in [1.82, 2.24) is 4.98 Å². The predicted molar refractivity (Wildman–Crippen MR) is 71.5 cm³/mol. The maximum Gasteiger partial charge on any atom is 0.417 e. The van der Waals surface area contributed by atoms with E-state index >= 15 is 0 Å². The van der Waals surface area contributed by atoms with Gasteiger partial charge in [-0.1, -0.05) is 12.1 Å². The second-order valence-electron chi connectivity index (χ2n) is 5.48. The van der Waals surface area contributed by atoms with E-state index in [-0.39, 0.29) is 5.56 Å². The van der Waals surface area contributed by atoms with Gasteiger partial charge >= 0.3 is 6.18 Å². The molecule has 2 rings (SSSR count). The fourth-order valence-corrected chi connectivity index (χ4v) is 2.88. The number of halogens is 3. The Balaban J connectivity index is 2.42. The highest BCUT2D eigenvalue weighted by Gasteiger charge is 2.44. The van der Waals surface area contributed by atoms with Gasteiger partial charge in [0, 0.05) is 11.7 Å². The van der Waals surface area contributed by atoms with Crippen molar-refractivity contribution in [1.29, 1.82) is 0 Å². The van der Waals surface area contributed by atoms with Crippen LogP contribution in [0.5, 0.6) is 0 Å². The standard InChI is InChI=1S/C13H16F3NOSi/c1-19(2,3)18-12(13(14,15)16)10-5-4-9-6-7-17-11(9)8-10/h4-8,12,17H,1-3H3. The van der Waals surface area contributed by atoms with E-state index in [1.165, 1.54) is 12.1 Å². The third kappa shape index (κ3) is 3.39. The van der Waals surface area contributed by atoms with Crippen molar-refractivity contribution in [2.45, 2.75) is 31.9 Å². The zero-order valence-corrected chi connectivity index (χ0v) is 12.0. The first-order valence-corrected chi connectivity index (χ1v) is 9.39. The highest BCUT2D eigenvalue weighted by atomic mass is 28.4. The number of H-pyrrole nitrogens is 1. The summed E-state index contributed by atoms with van der Waals surface area (Å²) < 4.78 is 44.8. The van der Waals surface area contributed by atoms with Gasteiger partial charge in [0.05, 0.1) is 0 Å². The molecule has 19 heavy (non-hydrogen) atoms. The van der Waals surface area contributed by atoms with Crippen LogP contribution in [0.4, 0.5) is 13.2 Å². The fraction of sp³-hybridized carbons (Fsp3) is 0.385. The van der Waals surface area contributed by atoms with Gasteiger partial charge in [0.25, 0.3) is 0 Å². The molecule has 0 aliphatic rings. The van der Waals surface area contributed by atoms with Crippen molar-refractivity contribution in [2.75, 3.05) is 0 Å². The van der Waals surface area contributed by atoms with E-state index in [0.717, 1.165) is 5.39 Å². The zero-order valence-electron chi connectivity index (χ0n) is 11.0. The molecule has 1 N–H and O–H groups in total. The average Bonchev–Trinajstić information content (AvgIpc) is 2.69. The first-order chi connectivity index (χ1) is 8.67. The topological polar surface area (TPSA) is 25.0 Å². The molecule has 0 saturated heterocycles. The second-order valence-corrected chi connectivity index (χ2v) is 9.94. The average molecular weight is 287 g/mol. The number of hydrogen-bond acceptors (Lipinski definition) is 1. The molecule has 1 heterocycles. The molecule has 2 aromatic rings. The zero-order chi connectivity index (χ0) is 14.3. The van der Waals surface area contributed by atoms with E-state index in [1.807, 2.05) is 6.07 Å². The monoisotopic (exact) mass is 287 g/mol. The van der Waals surface area contributed by atoms with Gasteiger partial charge in [-0.05, 0) is 42.7 Å². The molecule has 104 valence electrons. The van der Waals surface area contributed by atoms with Gasteiger partial charge in [0.2, 0.25) is 0 Å². The van der Waals surface area contributed by atoms with Gasteiger partial charge < -0.3 is 9.41 Å². The first-order valence-electron chi connectivity index (χ1n) is 5.98. The van der Waals surface area contributed by atoms with E-state index < -0.39 is 20.6 Å². The minimum Gasteiger partial charge on any atom is -0.403 e. The highest BCUT2D eigenvalue weighted by Crippen LogP contribution is 2.38. The lowest BCUT2D eigenvalue weighted by molar-refractivity contribution is -0.200. The summed E-state index contributed by atoms with van der Waals surface area (Å²) in [5.74, 6) is 0. The van der Waals surface area contributed by atoms with Gasteiger partial charge in [-0.2, -0.15) is 13.2 Å². The smallest absolute Gasteiger partial charge is 0.403 e. The minimum atomic E-state index is -4.40. The normalized spacial score (nSPS) is 14.8. The number of rotatable bonds is 3. The van der Waals surface area contributed by atoms with E-state index in [4.69, 9.17) is 4.43 Å². The number of benzene rings is 1. The Bertz CT molecular complexity index is 571. The largest absolute Gasteiger partial charge is 0.417 e. The number of aromatic nitrogens is 1. The summed E-state index contributed by atoms with van der Waals surface area (Å²) in [5, 5.41) is 0.887. The molecular weight excluding hydrogens is 271 g/mol. The Morgan fingerprint density at radius 2 is 1.84 bits per heavy atom. The summed E-state index contributed by atoms with van der Waals surface area (Å²) in [7, 11) is -2.29. The Hall–Kier alpha value is -1.27. The summed E-state index contributed by atoms with van der Waals surface area (Å²) >= 11 is 0. The molecule has 0 amide bonds. The molecule has 1 aromatic carbocycles. The van der Waals surface area contributed by atoms with Gasteiger partial charge in [-0.3, -0.25) is 0 Å². The van der Waals surface area contributed by atoms with Crippen LogP contribution in [0.15, 0.2) is 30.5 Å². The van der Waals surface area contributed by atoms with Crippen LogP contribution in [0.3, 0.4) is 0 Å². The van der Waals surface area contributed by atoms with Crippen LogP contribution < -0.4 is 0 Å². The molecular formula is C13H16F3NOSi. The number of hydrogen-bond donors (Lipinski definition) is 1. The summed E-state index contributed by atoms with van der Waals surface area (Å²) in [6.07, 6.45) is -4.55. The predicted octanol–water partition coefficient (Wildman–Crippen LogP) is 4.62. The van der Waals surface area contributed by atoms with Crippen molar-refractivity contribution in [3.63, 3.8) is 0 Å². The van der Waals surface area contributed by atoms with Crippen LogP contribution in [-0.2, 0) is 4.43 Å². The maximum absolute atomic E-state index is 13.1. The van der Waals surface area contributed by atoms with Crippen LogP contribution in [0.25, 0.3) is 10.9 Å².